The van der Waals surface area contributed by atoms with Crippen molar-refractivity contribution in [2.24, 2.45) is 0 Å². The van der Waals surface area contributed by atoms with Gasteiger partial charge < -0.3 is 9.80 Å². The molecule has 13 aromatic rings. The second-order valence-electron chi connectivity index (χ2n) is 17.3. The number of benzene rings is 12. The zero-order valence-corrected chi connectivity index (χ0v) is 37.3. The minimum Gasteiger partial charge on any atom is -0.310 e. The van der Waals surface area contributed by atoms with Crippen molar-refractivity contribution in [2.45, 2.75) is 9.79 Å². The molecule has 0 saturated carbocycles. The molecule has 2 heterocycles. The van der Waals surface area contributed by atoms with E-state index < -0.39 is 0 Å². The van der Waals surface area contributed by atoms with Crippen LogP contribution >= 0.6 is 23.1 Å². The largest absolute Gasteiger partial charge is 0.310 e. The Hall–Kier alpha value is -7.89. The third kappa shape index (κ3) is 6.03. The summed E-state index contributed by atoms with van der Waals surface area (Å²) in [5, 5.41) is 15.1. The summed E-state index contributed by atoms with van der Waals surface area (Å²) in [5.74, 6) is 0. The van der Waals surface area contributed by atoms with Gasteiger partial charge in [-0.15, -0.1) is 11.3 Å². The van der Waals surface area contributed by atoms with Gasteiger partial charge in [0.05, 0.1) is 0 Å². The first-order chi connectivity index (χ1) is 32.7. The van der Waals surface area contributed by atoms with Crippen LogP contribution < -0.4 is 9.80 Å². The standard InChI is InChI=1S/C62H38N2S2/c1-5-14-43-32-47(24-20-39(43)10-1)63(48-25-21-40-11-2-6-15-44(40)33-48)51-28-30-53-56-38-60-61(55-18-9-19-57(62(55)56)65-58(53)36-51)54-31-29-52(37-59(54)66-60)64(49-26-22-41-12-3-7-16-45(41)34-49)50-27-23-42-13-4-8-17-46(42)35-50/h1-38H. The first-order valence-corrected chi connectivity index (χ1v) is 24.1. The molecule has 1 aromatic heterocycles. The maximum atomic E-state index is 2.47. The molecule has 1 aliphatic heterocycles. The van der Waals surface area contributed by atoms with E-state index >= 15 is 0 Å². The van der Waals surface area contributed by atoms with Crippen LogP contribution in [0.3, 0.4) is 0 Å². The molecular formula is C62H38N2S2. The molecule has 0 fully saturated rings. The number of hydrogen-bond donors (Lipinski definition) is 0. The Morgan fingerprint density at radius 1 is 0.258 bits per heavy atom. The molecule has 1 aliphatic rings. The van der Waals surface area contributed by atoms with Gasteiger partial charge in [-0.2, -0.15) is 0 Å². The summed E-state index contributed by atoms with van der Waals surface area (Å²) in [4.78, 5) is 7.40. The molecular weight excluding hydrogens is 837 g/mol. The van der Waals surface area contributed by atoms with Gasteiger partial charge in [0.2, 0.25) is 0 Å². The Kier molecular flexibility index (Phi) is 8.42. The lowest BCUT2D eigenvalue weighted by Gasteiger charge is -2.28. The van der Waals surface area contributed by atoms with Crippen molar-refractivity contribution < 1.29 is 0 Å². The quantitative estimate of drug-likeness (QED) is 0.164. The molecule has 4 heteroatoms. The van der Waals surface area contributed by atoms with Gasteiger partial charge in [-0.3, -0.25) is 0 Å². The summed E-state index contributed by atoms with van der Waals surface area (Å²) in [6, 6.07) is 85.3. The molecule has 2 nitrogen and oxygen atoms in total. The van der Waals surface area contributed by atoms with Crippen LogP contribution in [0.2, 0.25) is 0 Å². The molecule has 0 bridgehead atoms. The summed E-state index contributed by atoms with van der Waals surface area (Å²) in [7, 11) is 0. The smallest absolute Gasteiger partial charge is 0.0476 e. The minimum absolute atomic E-state index is 1.14. The van der Waals surface area contributed by atoms with Crippen LogP contribution in [0.5, 0.6) is 0 Å². The predicted octanol–water partition coefficient (Wildman–Crippen LogP) is 18.9. The first kappa shape index (κ1) is 37.5. The highest BCUT2D eigenvalue weighted by Gasteiger charge is 2.25. The summed E-state index contributed by atoms with van der Waals surface area (Å²) in [5.41, 5.74) is 9.42. The number of rotatable bonds is 6. The first-order valence-electron chi connectivity index (χ1n) is 22.5. The van der Waals surface area contributed by atoms with Crippen LogP contribution in [0.1, 0.15) is 0 Å². The second-order valence-corrected chi connectivity index (χ2v) is 19.5. The van der Waals surface area contributed by atoms with Gasteiger partial charge >= 0.3 is 0 Å². The average molecular weight is 875 g/mol. The second kappa shape index (κ2) is 14.8. The van der Waals surface area contributed by atoms with E-state index in [0.717, 1.165) is 34.1 Å². The van der Waals surface area contributed by atoms with Crippen LogP contribution in [0.25, 0.3) is 85.2 Å². The fourth-order valence-electron chi connectivity index (χ4n) is 10.4. The lowest BCUT2D eigenvalue weighted by atomic mass is 9.94. The van der Waals surface area contributed by atoms with Crippen LogP contribution in [-0.2, 0) is 0 Å². The van der Waals surface area contributed by atoms with Crippen LogP contribution in [0, 0.1) is 0 Å². The Balaban J connectivity index is 0.915. The predicted molar refractivity (Wildman–Crippen MR) is 286 cm³/mol. The third-order valence-electron chi connectivity index (χ3n) is 13.5. The lowest BCUT2D eigenvalue weighted by Crippen LogP contribution is -2.10. The number of hydrogen-bond acceptors (Lipinski definition) is 4. The normalized spacial score (nSPS) is 12.2. The lowest BCUT2D eigenvalue weighted by molar-refractivity contribution is 1.27. The molecule has 308 valence electrons. The highest BCUT2D eigenvalue weighted by atomic mass is 32.2. The minimum atomic E-state index is 1.14. The van der Waals surface area contributed by atoms with Crippen molar-refractivity contribution in [3.63, 3.8) is 0 Å². The molecule has 0 N–H and O–H groups in total. The van der Waals surface area contributed by atoms with Crippen molar-refractivity contribution in [3.05, 3.63) is 231 Å². The zero-order chi connectivity index (χ0) is 43.3. The molecule has 0 aliphatic carbocycles. The van der Waals surface area contributed by atoms with Crippen LogP contribution in [0.15, 0.2) is 240 Å². The van der Waals surface area contributed by atoms with E-state index in [4.69, 9.17) is 0 Å². The average Bonchev–Trinajstić information content (AvgIpc) is 3.74. The molecule has 0 atom stereocenters. The SMILES string of the molecule is c1ccc2cc(N(c3ccc4c(c3)Sc3cccc5c3c-4cc3sc4cc(N(c6ccc7ccccc7c6)c6ccc7ccccc7c6)ccc4c35)c3ccc4ccccc4c3)ccc2c1. The summed E-state index contributed by atoms with van der Waals surface area (Å²) < 4.78 is 2.59. The Morgan fingerprint density at radius 3 is 1.21 bits per heavy atom. The van der Waals surface area contributed by atoms with Crippen molar-refractivity contribution in [1.82, 2.24) is 0 Å². The van der Waals surface area contributed by atoms with Gasteiger partial charge in [0.1, 0.15) is 0 Å². The van der Waals surface area contributed by atoms with Crippen molar-refractivity contribution in [1.29, 1.82) is 0 Å². The van der Waals surface area contributed by atoms with E-state index in [0.29, 0.717) is 0 Å². The van der Waals surface area contributed by atoms with Gasteiger partial charge in [-0.05, 0) is 145 Å². The van der Waals surface area contributed by atoms with Gasteiger partial charge in [0.25, 0.3) is 0 Å². The van der Waals surface area contributed by atoms with E-state index in [2.05, 4.69) is 240 Å². The summed E-state index contributed by atoms with van der Waals surface area (Å²) in [6.07, 6.45) is 0. The van der Waals surface area contributed by atoms with Gasteiger partial charge in [-0.1, -0.05) is 157 Å². The van der Waals surface area contributed by atoms with E-state index in [1.165, 1.54) is 95.0 Å². The molecule has 0 unspecified atom stereocenters. The molecule has 0 radical (unpaired) electrons. The topological polar surface area (TPSA) is 6.48 Å². The summed E-state index contributed by atoms with van der Waals surface area (Å²) >= 11 is 3.79. The van der Waals surface area contributed by atoms with Crippen molar-refractivity contribution >= 4 is 131 Å². The van der Waals surface area contributed by atoms with Gasteiger partial charge in [0, 0.05) is 69.5 Å². The highest BCUT2D eigenvalue weighted by Crippen LogP contribution is 2.54. The fraction of sp³-hybridized carbons (Fsp3) is 0. The third-order valence-corrected chi connectivity index (χ3v) is 15.7. The maximum absolute atomic E-state index is 2.47. The van der Waals surface area contributed by atoms with E-state index in [-0.39, 0.29) is 0 Å². The van der Waals surface area contributed by atoms with Crippen molar-refractivity contribution in [2.75, 3.05) is 9.80 Å². The molecule has 66 heavy (non-hydrogen) atoms. The number of nitrogens with zero attached hydrogens (tertiary/aromatic N) is 2. The Bertz CT molecular complexity index is 3970. The molecule has 0 spiro atoms. The maximum Gasteiger partial charge on any atom is 0.0476 e. The van der Waals surface area contributed by atoms with Gasteiger partial charge in [-0.25, -0.2) is 0 Å². The van der Waals surface area contributed by atoms with E-state index in [1.807, 2.05) is 23.1 Å². The van der Waals surface area contributed by atoms with E-state index in [1.54, 1.807) is 0 Å². The van der Waals surface area contributed by atoms with Crippen molar-refractivity contribution in [3.8, 4) is 11.1 Å². The fourth-order valence-corrected chi connectivity index (χ4v) is 12.7. The van der Waals surface area contributed by atoms with E-state index in [9.17, 15) is 0 Å². The summed E-state index contributed by atoms with van der Waals surface area (Å²) in [6.45, 7) is 0. The van der Waals surface area contributed by atoms with Crippen LogP contribution in [0.4, 0.5) is 34.1 Å². The van der Waals surface area contributed by atoms with Crippen LogP contribution in [-0.4, -0.2) is 0 Å². The number of thiophene rings is 1. The Morgan fingerprint density at radius 2 is 0.697 bits per heavy atom. The number of fused-ring (bicyclic) bond motifs is 10. The Labute approximate surface area is 390 Å². The molecule has 0 amide bonds. The van der Waals surface area contributed by atoms with Gasteiger partial charge in [0.15, 0.2) is 0 Å². The molecule has 12 aromatic carbocycles. The number of anilines is 6. The highest BCUT2D eigenvalue weighted by molar-refractivity contribution is 7.99. The zero-order valence-electron chi connectivity index (χ0n) is 35.7. The monoisotopic (exact) mass is 874 g/mol. The molecule has 14 rings (SSSR count). The molecule has 0 saturated heterocycles.